The molecule has 0 aromatic carbocycles. The maximum Gasteiger partial charge on any atom is 0.104 e. The molecule has 0 heterocycles. The Labute approximate surface area is 123 Å². The molecule has 0 saturated heterocycles. The van der Waals surface area contributed by atoms with Crippen LogP contribution in [0.4, 0.5) is 4.39 Å². The Kier molecular flexibility index (Phi) is 2.89. The minimum atomic E-state index is -0.564. The molecule has 3 fully saturated rings. The average Bonchev–Trinajstić information content (AvgIpc) is 2.81. The van der Waals surface area contributed by atoms with Crippen LogP contribution < -0.4 is 0 Å². The predicted octanol–water partition coefficient (Wildman–Crippen LogP) is 5.68. The molecule has 4 aliphatic carbocycles. The fraction of sp³-hybridized carbons (Fsp3) is 0.895. The Hall–Kier alpha value is -0.330. The van der Waals surface area contributed by atoms with Gasteiger partial charge in [-0.2, -0.15) is 0 Å². The maximum atomic E-state index is 13.8. The van der Waals surface area contributed by atoms with E-state index in [4.69, 9.17) is 0 Å². The molecule has 0 spiro atoms. The van der Waals surface area contributed by atoms with Crippen molar-refractivity contribution >= 4 is 0 Å². The standard InChI is InChI=1S/C19H29F/c1-18-9-3-4-16(18)15-6-5-13-12-14(20)7-11-19(13,2)17(15)8-10-18/h5,14-17H,3-4,6-12H2,1-2H3/t14?,15-,16-,17-,18-,19-/m0/s1. The van der Waals surface area contributed by atoms with Gasteiger partial charge >= 0.3 is 0 Å². The highest BCUT2D eigenvalue weighted by Gasteiger charge is 2.55. The number of hydrogen-bond donors (Lipinski definition) is 0. The summed E-state index contributed by atoms with van der Waals surface area (Å²) >= 11 is 0. The first-order chi connectivity index (χ1) is 9.53. The van der Waals surface area contributed by atoms with Gasteiger partial charge in [0.2, 0.25) is 0 Å². The number of rotatable bonds is 0. The average molecular weight is 276 g/mol. The summed E-state index contributed by atoms with van der Waals surface area (Å²) in [6.07, 6.45) is 13.0. The molecule has 1 unspecified atom stereocenters. The van der Waals surface area contributed by atoms with Gasteiger partial charge in [-0.15, -0.1) is 0 Å². The molecule has 0 aromatic heterocycles. The topological polar surface area (TPSA) is 0 Å². The fourth-order valence-corrected chi connectivity index (χ4v) is 6.61. The summed E-state index contributed by atoms with van der Waals surface area (Å²) in [6, 6.07) is 0. The van der Waals surface area contributed by atoms with Crippen LogP contribution in [0, 0.1) is 28.6 Å². The molecule has 4 rings (SSSR count). The lowest BCUT2D eigenvalue weighted by molar-refractivity contribution is -0.0303. The van der Waals surface area contributed by atoms with E-state index < -0.39 is 6.17 Å². The molecule has 0 N–H and O–H groups in total. The molecule has 3 saturated carbocycles. The zero-order chi connectivity index (χ0) is 14.0. The van der Waals surface area contributed by atoms with E-state index in [1.165, 1.54) is 44.1 Å². The van der Waals surface area contributed by atoms with Crippen LogP contribution in [-0.4, -0.2) is 6.17 Å². The van der Waals surface area contributed by atoms with Crippen molar-refractivity contribution in [2.24, 2.45) is 28.6 Å². The number of allylic oxidation sites excluding steroid dienone is 2. The highest BCUT2D eigenvalue weighted by atomic mass is 19.1. The Morgan fingerprint density at radius 1 is 1.05 bits per heavy atom. The number of hydrogen-bond acceptors (Lipinski definition) is 0. The van der Waals surface area contributed by atoms with Gasteiger partial charge in [0.05, 0.1) is 0 Å². The molecule has 0 aliphatic heterocycles. The van der Waals surface area contributed by atoms with Crippen molar-refractivity contribution < 1.29 is 4.39 Å². The fourth-order valence-electron chi connectivity index (χ4n) is 6.61. The van der Waals surface area contributed by atoms with Crippen LogP contribution in [0.2, 0.25) is 0 Å². The van der Waals surface area contributed by atoms with Gasteiger partial charge in [0.25, 0.3) is 0 Å². The molecular weight excluding hydrogens is 247 g/mol. The van der Waals surface area contributed by atoms with E-state index in [2.05, 4.69) is 19.9 Å². The quantitative estimate of drug-likeness (QED) is 0.499. The first kappa shape index (κ1) is 13.3. The lowest BCUT2D eigenvalue weighted by atomic mass is 9.48. The second-order valence-corrected chi connectivity index (χ2v) is 8.68. The second kappa shape index (κ2) is 4.34. The molecule has 0 nitrogen and oxygen atoms in total. The molecule has 0 aromatic rings. The maximum absolute atomic E-state index is 13.8. The Morgan fingerprint density at radius 3 is 2.75 bits per heavy atom. The van der Waals surface area contributed by atoms with Gasteiger partial charge in [0.15, 0.2) is 0 Å². The van der Waals surface area contributed by atoms with E-state index in [1.807, 2.05) is 0 Å². The van der Waals surface area contributed by atoms with E-state index in [-0.39, 0.29) is 0 Å². The first-order valence-corrected chi connectivity index (χ1v) is 8.86. The SMILES string of the molecule is C[C@@]12CCC[C@H]1[C@@H]1CC=C3CC(F)CC[C@]3(C)[C@H]1CC2. The van der Waals surface area contributed by atoms with Gasteiger partial charge < -0.3 is 0 Å². The van der Waals surface area contributed by atoms with Crippen molar-refractivity contribution in [3.8, 4) is 0 Å². The normalized spacial score (nSPS) is 54.6. The third-order valence-electron chi connectivity index (χ3n) is 7.82. The summed E-state index contributed by atoms with van der Waals surface area (Å²) in [5.74, 6) is 2.71. The third kappa shape index (κ3) is 1.70. The van der Waals surface area contributed by atoms with Crippen molar-refractivity contribution in [3.63, 3.8) is 0 Å². The highest BCUT2D eigenvalue weighted by Crippen LogP contribution is 2.64. The Morgan fingerprint density at radius 2 is 1.90 bits per heavy atom. The molecule has 112 valence electrons. The third-order valence-corrected chi connectivity index (χ3v) is 7.82. The first-order valence-electron chi connectivity index (χ1n) is 8.86. The molecule has 20 heavy (non-hydrogen) atoms. The number of halogens is 1. The molecule has 4 aliphatic rings. The van der Waals surface area contributed by atoms with Crippen molar-refractivity contribution in [2.45, 2.75) is 77.8 Å². The van der Waals surface area contributed by atoms with Crippen LogP contribution >= 0.6 is 0 Å². The number of fused-ring (bicyclic) bond motifs is 5. The van der Waals surface area contributed by atoms with Gasteiger partial charge in [-0.3, -0.25) is 0 Å². The van der Waals surface area contributed by atoms with Crippen LogP contribution in [0.15, 0.2) is 11.6 Å². The molecule has 0 bridgehead atoms. The second-order valence-electron chi connectivity index (χ2n) is 8.68. The summed E-state index contributed by atoms with van der Waals surface area (Å²) in [5, 5.41) is 0. The lowest BCUT2D eigenvalue weighted by Gasteiger charge is -2.57. The van der Waals surface area contributed by atoms with E-state index in [9.17, 15) is 4.39 Å². The Balaban J connectivity index is 1.68. The molecule has 0 amide bonds. The van der Waals surface area contributed by atoms with E-state index in [0.717, 1.165) is 37.0 Å². The van der Waals surface area contributed by atoms with E-state index in [1.54, 1.807) is 0 Å². The Bertz CT molecular complexity index is 439. The smallest absolute Gasteiger partial charge is 0.104 e. The van der Waals surface area contributed by atoms with E-state index >= 15 is 0 Å². The van der Waals surface area contributed by atoms with Gasteiger partial charge in [-0.1, -0.05) is 31.9 Å². The van der Waals surface area contributed by atoms with Crippen molar-refractivity contribution in [2.75, 3.05) is 0 Å². The van der Waals surface area contributed by atoms with Crippen LogP contribution in [0.5, 0.6) is 0 Å². The van der Waals surface area contributed by atoms with Crippen LogP contribution in [0.3, 0.4) is 0 Å². The summed E-state index contributed by atoms with van der Waals surface area (Å²) in [4.78, 5) is 0. The van der Waals surface area contributed by atoms with Crippen LogP contribution in [0.1, 0.15) is 71.6 Å². The van der Waals surface area contributed by atoms with Gasteiger partial charge in [-0.25, -0.2) is 4.39 Å². The summed E-state index contributed by atoms with van der Waals surface area (Å²) in [7, 11) is 0. The van der Waals surface area contributed by atoms with Crippen molar-refractivity contribution in [3.05, 3.63) is 11.6 Å². The van der Waals surface area contributed by atoms with Gasteiger partial charge in [0, 0.05) is 6.42 Å². The van der Waals surface area contributed by atoms with Crippen LogP contribution in [-0.2, 0) is 0 Å². The van der Waals surface area contributed by atoms with Crippen molar-refractivity contribution in [1.82, 2.24) is 0 Å². The van der Waals surface area contributed by atoms with Gasteiger partial charge in [-0.05, 0) is 73.5 Å². The molecule has 1 heteroatoms. The minimum Gasteiger partial charge on any atom is -0.247 e. The highest BCUT2D eigenvalue weighted by molar-refractivity contribution is 5.25. The summed E-state index contributed by atoms with van der Waals surface area (Å²) in [6.45, 7) is 5.03. The van der Waals surface area contributed by atoms with E-state index in [0.29, 0.717) is 10.8 Å². The summed E-state index contributed by atoms with van der Waals surface area (Å²) in [5.41, 5.74) is 2.47. The summed E-state index contributed by atoms with van der Waals surface area (Å²) < 4.78 is 13.8. The van der Waals surface area contributed by atoms with Crippen LogP contribution in [0.25, 0.3) is 0 Å². The zero-order valence-corrected chi connectivity index (χ0v) is 13.1. The number of alkyl halides is 1. The molecule has 6 atom stereocenters. The van der Waals surface area contributed by atoms with Gasteiger partial charge in [0.1, 0.15) is 6.17 Å². The largest absolute Gasteiger partial charge is 0.247 e. The monoisotopic (exact) mass is 276 g/mol. The molecule has 0 radical (unpaired) electrons. The predicted molar refractivity (Wildman–Crippen MR) is 81.2 cm³/mol. The zero-order valence-electron chi connectivity index (χ0n) is 13.1. The molecular formula is C19H29F. The minimum absolute atomic E-state index is 0.343. The van der Waals surface area contributed by atoms with Crippen molar-refractivity contribution in [1.29, 1.82) is 0 Å². The lowest BCUT2D eigenvalue weighted by Crippen LogP contribution is -2.49.